The summed E-state index contributed by atoms with van der Waals surface area (Å²) in [7, 11) is 1.68. The van der Waals surface area contributed by atoms with Crippen molar-refractivity contribution >= 4 is 5.57 Å². The second-order valence-electron chi connectivity index (χ2n) is 9.43. The number of allylic oxidation sites excluding steroid dienone is 1. The zero-order chi connectivity index (χ0) is 24.4. The second-order valence-corrected chi connectivity index (χ2v) is 9.43. The lowest BCUT2D eigenvalue weighted by Gasteiger charge is -2.38. The van der Waals surface area contributed by atoms with Gasteiger partial charge in [-0.15, -0.1) is 0 Å². The Bertz CT molecular complexity index is 1250. The fourth-order valence-electron chi connectivity index (χ4n) is 5.09. The maximum absolute atomic E-state index is 13.7. The van der Waals surface area contributed by atoms with Crippen molar-refractivity contribution in [2.24, 2.45) is 0 Å². The number of likely N-dealkylation sites (tertiary alicyclic amines) is 1. The number of methoxy groups -OCH3 is 1. The van der Waals surface area contributed by atoms with Gasteiger partial charge in [-0.05, 0) is 73.2 Å². The molecule has 1 saturated heterocycles. The molecule has 1 N–H and O–H groups in total. The van der Waals surface area contributed by atoms with Crippen LogP contribution in [-0.4, -0.2) is 41.7 Å². The predicted molar refractivity (Wildman–Crippen MR) is 134 cm³/mol. The molecular weight excluding hydrogens is 443 g/mol. The molecule has 2 aromatic carbocycles. The van der Waals surface area contributed by atoms with Gasteiger partial charge >= 0.3 is 0 Å². The summed E-state index contributed by atoms with van der Waals surface area (Å²) in [6.45, 7) is 4.24. The molecule has 5 nitrogen and oxygen atoms in total. The number of pyridine rings is 1. The number of piperidine rings is 1. The Balaban J connectivity index is 1.28. The van der Waals surface area contributed by atoms with E-state index in [4.69, 9.17) is 9.47 Å². The van der Waals surface area contributed by atoms with E-state index < -0.39 is 5.60 Å². The zero-order valence-corrected chi connectivity index (χ0v) is 20.3. The van der Waals surface area contributed by atoms with E-state index in [9.17, 15) is 9.50 Å². The summed E-state index contributed by atoms with van der Waals surface area (Å²) in [4.78, 5) is 6.86. The lowest BCUT2D eigenvalue weighted by atomic mass is 9.83. The van der Waals surface area contributed by atoms with Gasteiger partial charge < -0.3 is 19.5 Å². The number of hydrogen-bond donors (Lipinski definition) is 1. The van der Waals surface area contributed by atoms with Gasteiger partial charge in [-0.25, -0.2) is 9.37 Å². The van der Waals surface area contributed by atoms with E-state index in [2.05, 4.69) is 22.0 Å². The third kappa shape index (κ3) is 4.81. The predicted octanol–water partition coefficient (Wildman–Crippen LogP) is 5.64. The smallest absolute Gasteiger partial charge is 0.226 e. The van der Waals surface area contributed by atoms with Gasteiger partial charge in [0.2, 0.25) is 5.88 Å². The van der Waals surface area contributed by atoms with Crippen molar-refractivity contribution < 1.29 is 19.0 Å². The molecule has 2 aliphatic heterocycles. The molecule has 0 atom stereocenters. The maximum atomic E-state index is 13.7. The molecule has 6 heteroatoms. The first-order chi connectivity index (χ1) is 17.0. The van der Waals surface area contributed by atoms with Gasteiger partial charge in [-0.1, -0.05) is 24.3 Å². The minimum Gasteiger partial charge on any atom is -0.496 e. The van der Waals surface area contributed by atoms with E-state index in [1.165, 1.54) is 11.6 Å². The Morgan fingerprint density at radius 2 is 2.00 bits per heavy atom. The number of nitrogens with zero attached hydrogens (tertiary/aromatic N) is 2. The largest absolute Gasteiger partial charge is 0.496 e. The molecule has 0 bridgehead atoms. The first kappa shape index (κ1) is 23.5. The van der Waals surface area contributed by atoms with Crippen LogP contribution in [0, 0.1) is 12.7 Å². The normalized spacial score (nSPS) is 18.3. The number of hydrogen-bond acceptors (Lipinski definition) is 5. The molecule has 0 radical (unpaired) electrons. The molecule has 0 saturated carbocycles. The summed E-state index contributed by atoms with van der Waals surface area (Å²) in [5, 5.41) is 11.2. The van der Waals surface area contributed by atoms with Crippen LogP contribution < -0.4 is 9.47 Å². The quantitative estimate of drug-likeness (QED) is 0.518. The van der Waals surface area contributed by atoms with Crippen molar-refractivity contribution in [1.29, 1.82) is 0 Å². The minimum absolute atomic E-state index is 0.233. The molecule has 2 aliphatic rings. The number of ether oxygens (including phenoxy) is 2. The first-order valence-corrected chi connectivity index (χ1v) is 12.2. The van der Waals surface area contributed by atoms with Gasteiger partial charge in [-0.3, -0.25) is 0 Å². The van der Waals surface area contributed by atoms with Crippen molar-refractivity contribution in [3.8, 4) is 17.4 Å². The molecule has 182 valence electrons. The van der Waals surface area contributed by atoms with E-state index >= 15 is 0 Å². The fourth-order valence-corrected chi connectivity index (χ4v) is 5.09. The molecule has 3 aromatic rings. The van der Waals surface area contributed by atoms with Crippen LogP contribution >= 0.6 is 0 Å². The third-order valence-electron chi connectivity index (χ3n) is 7.22. The molecule has 3 heterocycles. The Labute approximate surface area is 205 Å². The first-order valence-electron chi connectivity index (χ1n) is 12.2. The summed E-state index contributed by atoms with van der Waals surface area (Å²) in [5.41, 5.74) is 3.70. The van der Waals surface area contributed by atoms with Gasteiger partial charge in [-0.2, -0.15) is 0 Å². The SMILES string of the molecule is COc1cccc2c1CC(=CCCN1CCC(O)(c3ccc(F)c(C)c3)CC1)c1cccnc1O2. The Morgan fingerprint density at radius 3 is 2.77 bits per heavy atom. The highest BCUT2D eigenvalue weighted by Crippen LogP contribution is 2.41. The number of aryl methyl sites for hydroxylation is 1. The minimum atomic E-state index is -0.892. The van der Waals surface area contributed by atoms with Crippen LogP contribution in [0.15, 0.2) is 60.8 Å². The summed E-state index contributed by atoms with van der Waals surface area (Å²) < 4.78 is 25.4. The summed E-state index contributed by atoms with van der Waals surface area (Å²) in [6.07, 6.45) is 6.89. The number of aliphatic hydroxyl groups is 1. The Hall–Kier alpha value is -3.22. The number of halogens is 1. The van der Waals surface area contributed by atoms with Crippen LogP contribution in [-0.2, 0) is 12.0 Å². The monoisotopic (exact) mass is 474 g/mol. The van der Waals surface area contributed by atoms with Crippen molar-refractivity contribution in [2.45, 2.75) is 38.2 Å². The fraction of sp³-hybridized carbons (Fsp3) is 0.345. The average Bonchev–Trinajstić information content (AvgIpc) is 3.03. The number of rotatable bonds is 5. The van der Waals surface area contributed by atoms with Crippen LogP contribution in [0.2, 0.25) is 0 Å². The molecule has 35 heavy (non-hydrogen) atoms. The van der Waals surface area contributed by atoms with E-state index in [0.717, 1.165) is 54.2 Å². The standard InChI is InChI=1S/C29H31FN2O3/c1-20-18-22(10-11-25(20)30)29(33)12-16-32(17-13-29)15-5-6-21-19-24-26(34-2)8-3-9-27(24)35-28-23(21)7-4-14-31-28/h3-4,6-11,14,18,33H,5,12-13,15-17,19H2,1-2H3. The van der Waals surface area contributed by atoms with Gasteiger partial charge in [0.15, 0.2) is 0 Å². The highest BCUT2D eigenvalue weighted by atomic mass is 19.1. The van der Waals surface area contributed by atoms with E-state index in [1.54, 1.807) is 32.4 Å². The molecule has 1 aromatic heterocycles. The van der Waals surface area contributed by atoms with Crippen LogP contribution in [0.3, 0.4) is 0 Å². The van der Waals surface area contributed by atoms with Crippen molar-refractivity contribution in [1.82, 2.24) is 9.88 Å². The maximum Gasteiger partial charge on any atom is 0.226 e. The number of aromatic nitrogens is 1. The van der Waals surface area contributed by atoms with E-state index in [0.29, 0.717) is 30.7 Å². The molecular formula is C29H31FN2O3. The van der Waals surface area contributed by atoms with E-state index in [1.807, 2.05) is 24.3 Å². The lowest BCUT2D eigenvalue weighted by molar-refractivity contribution is -0.0255. The van der Waals surface area contributed by atoms with Gasteiger partial charge in [0, 0.05) is 43.4 Å². The highest BCUT2D eigenvalue weighted by molar-refractivity contribution is 5.74. The molecule has 0 amide bonds. The zero-order valence-electron chi connectivity index (χ0n) is 20.3. The molecule has 0 spiro atoms. The van der Waals surface area contributed by atoms with Crippen molar-refractivity contribution in [2.75, 3.05) is 26.7 Å². The topological polar surface area (TPSA) is 54.8 Å². The van der Waals surface area contributed by atoms with Crippen LogP contribution in [0.5, 0.6) is 17.4 Å². The van der Waals surface area contributed by atoms with Crippen LogP contribution in [0.1, 0.15) is 41.5 Å². The molecule has 0 aliphatic carbocycles. The van der Waals surface area contributed by atoms with Gasteiger partial charge in [0.25, 0.3) is 0 Å². The van der Waals surface area contributed by atoms with Crippen molar-refractivity contribution in [3.63, 3.8) is 0 Å². The second kappa shape index (κ2) is 9.80. The summed E-state index contributed by atoms with van der Waals surface area (Å²) in [6, 6.07) is 14.8. The molecule has 0 unspecified atom stereocenters. The summed E-state index contributed by atoms with van der Waals surface area (Å²) >= 11 is 0. The van der Waals surface area contributed by atoms with Crippen molar-refractivity contribution in [3.05, 3.63) is 88.9 Å². The Kier molecular flexibility index (Phi) is 6.58. The lowest BCUT2D eigenvalue weighted by Crippen LogP contribution is -2.42. The molecule has 5 rings (SSSR count). The molecule has 1 fully saturated rings. The Morgan fingerprint density at radius 1 is 1.17 bits per heavy atom. The summed E-state index contributed by atoms with van der Waals surface area (Å²) in [5.74, 6) is 1.97. The van der Waals surface area contributed by atoms with Gasteiger partial charge in [0.1, 0.15) is 17.3 Å². The number of benzene rings is 2. The van der Waals surface area contributed by atoms with E-state index in [-0.39, 0.29) is 5.82 Å². The third-order valence-corrected chi connectivity index (χ3v) is 7.22. The number of fused-ring (bicyclic) bond motifs is 2. The highest BCUT2D eigenvalue weighted by Gasteiger charge is 2.34. The van der Waals surface area contributed by atoms with Crippen LogP contribution in [0.25, 0.3) is 5.57 Å². The van der Waals surface area contributed by atoms with Crippen LogP contribution in [0.4, 0.5) is 4.39 Å². The average molecular weight is 475 g/mol. The van der Waals surface area contributed by atoms with Gasteiger partial charge in [0.05, 0.1) is 12.7 Å².